The molecule has 3 aromatic rings. The number of para-hydroxylation sites is 2. The Morgan fingerprint density at radius 2 is 1.71 bits per heavy atom. The Morgan fingerprint density at radius 1 is 1.00 bits per heavy atom. The molecule has 0 N–H and O–H groups in total. The van der Waals surface area contributed by atoms with Gasteiger partial charge in [-0.25, -0.2) is 4.39 Å². The van der Waals surface area contributed by atoms with Crippen LogP contribution in [-0.2, 0) is 13.6 Å². The van der Waals surface area contributed by atoms with Gasteiger partial charge in [0.1, 0.15) is 11.6 Å². The fourth-order valence-electron chi connectivity index (χ4n) is 3.78. The van der Waals surface area contributed by atoms with Crippen LogP contribution in [0.15, 0.2) is 54.7 Å². The van der Waals surface area contributed by atoms with Crippen LogP contribution >= 0.6 is 0 Å². The van der Waals surface area contributed by atoms with Crippen LogP contribution in [0.5, 0.6) is 5.75 Å². The van der Waals surface area contributed by atoms with Crippen LogP contribution in [0.2, 0.25) is 0 Å². The summed E-state index contributed by atoms with van der Waals surface area (Å²) in [4.78, 5) is 4.81. The fraction of sp³-hybridized carbons (Fsp3) is 0.318. The lowest BCUT2D eigenvalue weighted by Gasteiger charge is -2.36. The minimum Gasteiger partial charge on any atom is -0.495 e. The highest BCUT2D eigenvalue weighted by atomic mass is 19.1. The van der Waals surface area contributed by atoms with E-state index < -0.39 is 0 Å². The summed E-state index contributed by atoms with van der Waals surface area (Å²) >= 11 is 0. The van der Waals surface area contributed by atoms with E-state index in [1.807, 2.05) is 23.9 Å². The molecule has 0 radical (unpaired) electrons. The number of nitrogens with zero attached hydrogens (tertiary/aromatic N) is 4. The SMILES string of the molecule is COc1ccccc1N1CCN(Cc2cn(C)nc2-c2ccc(F)cc2)CC1. The molecule has 1 aliphatic rings. The van der Waals surface area contributed by atoms with Crippen LogP contribution in [0, 0.1) is 5.82 Å². The molecule has 1 aliphatic heterocycles. The third kappa shape index (κ3) is 3.87. The molecule has 28 heavy (non-hydrogen) atoms. The molecule has 0 bridgehead atoms. The summed E-state index contributed by atoms with van der Waals surface area (Å²) in [7, 11) is 3.64. The third-order valence-electron chi connectivity index (χ3n) is 5.21. The van der Waals surface area contributed by atoms with Crippen molar-refractivity contribution in [1.82, 2.24) is 14.7 Å². The number of aromatic nitrogens is 2. The van der Waals surface area contributed by atoms with Gasteiger partial charge in [0.15, 0.2) is 0 Å². The van der Waals surface area contributed by atoms with E-state index in [1.165, 1.54) is 17.7 Å². The molecule has 6 heteroatoms. The predicted octanol–water partition coefficient (Wildman–Crippen LogP) is 3.56. The van der Waals surface area contributed by atoms with Gasteiger partial charge in [0.05, 0.1) is 18.5 Å². The average molecular weight is 380 g/mol. The summed E-state index contributed by atoms with van der Waals surface area (Å²) in [5.41, 5.74) is 4.19. The van der Waals surface area contributed by atoms with Gasteiger partial charge in [-0.2, -0.15) is 5.10 Å². The molecular weight excluding hydrogens is 355 g/mol. The van der Waals surface area contributed by atoms with Crippen LogP contribution in [-0.4, -0.2) is 48.0 Å². The number of anilines is 1. The number of methoxy groups -OCH3 is 1. The smallest absolute Gasteiger partial charge is 0.142 e. The fourth-order valence-corrected chi connectivity index (χ4v) is 3.78. The van der Waals surface area contributed by atoms with E-state index in [-0.39, 0.29) is 5.82 Å². The first-order valence-corrected chi connectivity index (χ1v) is 9.53. The molecule has 0 saturated carbocycles. The van der Waals surface area contributed by atoms with Gasteiger partial charge in [0.25, 0.3) is 0 Å². The maximum atomic E-state index is 13.3. The van der Waals surface area contributed by atoms with Crippen LogP contribution in [0.4, 0.5) is 10.1 Å². The van der Waals surface area contributed by atoms with Gasteiger partial charge in [-0.3, -0.25) is 9.58 Å². The number of aryl methyl sites for hydroxylation is 1. The Hall–Kier alpha value is -2.86. The minimum atomic E-state index is -0.228. The van der Waals surface area contributed by atoms with Crippen molar-refractivity contribution in [2.24, 2.45) is 7.05 Å². The number of piperazine rings is 1. The van der Waals surface area contributed by atoms with Gasteiger partial charge < -0.3 is 9.64 Å². The van der Waals surface area contributed by atoms with Crippen molar-refractivity contribution in [3.63, 3.8) is 0 Å². The van der Waals surface area contributed by atoms with Gasteiger partial charge in [-0.1, -0.05) is 12.1 Å². The van der Waals surface area contributed by atoms with E-state index in [0.717, 1.165) is 55.4 Å². The van der Waals surface area contributed by atoms with E-state index in [4.69, 9.17) is 4.74 Å². The highest BCUT2D eigenvalue weighted by Gasteiger charge is 2.21. The molecule has 1 saturated heterocycles. The second-order valence-electron chi connectivity index (χ2n) is 7.12. The van der Waals surface area contributed by atoms with Crippen molar-refractivity contribution in [2.75, 3.05) is 38.2 Å². The second kappa shape index (κ2) is 8.02. The first-order chi connectivity index (χ1) is 13.6. The Balaban J connectivity index is 1.45. The summed E-state index contributed by atoms with van der Waals surface area (Å²) in [6, 6.07) is 14.7. The normalized spacial score (nSPS) is 15.0. The highest BCUT2D eigenvalue weighted by molar-refractivity contribution is 5.62. The topological polar surface area (TPSA) is 33.5 Å². The number of halogens is 1. The van der Waals surface area contributed by atoms with E-state index in [2.05, 4.69) is 33.2 Å². The van der Waals surface area contributed by atoms with Crippen LogP contribution in [0.25, 0.3) is 11.3 Å². The molecule has 4 rings (SSSR count). The Bertz CT molecular complexity index is 930. The number of ether oxygens (including phenoxy) is 1. The van der Waals surface area contributed by atoms with Crippen molar-refractivity contribution in [3.05, 3.63) is 66.1 Å². The summed E-state index contributed by atoms with van der Waals surface area (Å²) in [5.74, 6) is 0.690. The quantitative estimate of drug-likeness (QED) is 0.678. The summed E-state index contributed by atoms with van der Waals surface area (Å²) in [6.07, 6.45) is 2.06. The molecule has 0 aliphatic carbocycles. The van der Waals surface area contributed by atoms with Crippen molar-refractivity contribution in [1.29, 1.82) is 0 Å². The second-order valence-corrected chi connectivity index (χ2v) is 7.12. The molecule has 2 heterocycles. The lowest BCUT2D eigenvalue weighted by Crippen LogP contribution is -2.46. The summed E-state index contributed by atoms with van der Waals surface area (Å²) in [5, 5.41) is 4.60. The molecule has 0 amide bonds. The van der Waals surface area contributed by atoms with E-state index in [0.29, 0.717) is 0 Å². The molecule has 146 valence electrons. The lowest BCUT2D eigenvalue weighted by atomic mass is 10.1. The largest absolute Gasteiger partial charge is 0.495 e. The third-order valence-corrected chi connectivity index (χ3v) is 5.21. The molecule has 1 fully saturated rings. The average Bonchev–Trinajstić information content (AvgIpc) is 3.09. The zero-order chi connectivity index (χ0) is 19.5. The number of hydrogen-bond acceptors (Lipinski definition) is 4. The van der Waals surface area contributed by atoms with Gasteiger partial charge in [0.2, 0.25) is 0 Å². The minimum absolute atomic E-state index is 0.228. The molecule has 5 nitrogen and oxygen atoms in total. The predicted molar refractivity (Wildman–Crippen MR) is 109 cm³/mol. The molecule has 0 spiro atoms. The van der Waals surface area contributed by atoms with Crippen LogP contribution < -0.4 is 9.64 Å². The van der Waals surface area contributed by atoms with E-state index in [1.54, 1.807) is 19.2 Å². The molecule has 2 aromatic carbocycles. The van der Waals surface area contributed by atoms with E-state index >= 15 is 0 Å². The Kier molecular flexibility index (Phi) is 5.30. The van der Waals surface area contributed by atoms with E-state index in [9.17, 15) is 4.39 Å². The van der Waals surface area contributed by atoms with Gasteiger partial charge in [-0.05, 0) is 36.4 Å². The maximum absolute atomic E-state index is 13.3. The van der Waals surface area contributed by atoms with Crippen molar-refractivity contribution >= 4 is 5.69 Å². The van der Waals surface area contributed by atoms with Crippen LogP contribution in [0.3, 0.4) is 0 Å². The maximum Gasteiger partial charge on any atom is 0.142 e. The lowest BCUT2D eigenvalue weighted by molar-refractivity contribution is 0.249. The summed E-state index contributed by atoms with van der Waals surface area (Å²) in [6.45, 7) is 4.67. The van der Waals surface area contributed by atoms with Crippen molar-refractivity contribution < 1.29 is 9.13 Å². The van der Waals surface area contributed by atoms with Crippen molar-refractivity contribution in [2.45, 2.75) is 6.54 Å². The Labute approximate surface area is 165 Å². The monoisotopic (exact) mass is 380 g/mol. The number of benzene rings is 2. The van der Waals surface area contributed by atoms with Gasteiger partial charge in [-0.15, -0.1) is 0 Å². The molecule has 1 aromatic heterocycles. The highest BCUT2D eigenvalue weighted by Crippen LogP contribution is 2.29. The first-order valence-electron chi connectivity index (χ1n) is 9.53. The zero-order valence-corrected chi connectivity index (χ0v) is 16.3. The van der Waals surface area contributed by atoms with Gasteiger partial charge >= 0.3 is 0 Å². The Morgan fingerprint density at radius 3 is 2.43 bits per heavy atom. The zero-order valence-electron chi connectivity index (χ0n) is 16.3. The molecule has 0 atom stereocenters. The number of rotatable bonds is 5. The first kappa shape index (κ1) is 18.5. The van der Waals surface area contributed by atoms with Gasteiger partial charge in [0, 0.05) is 57.1 Å². The van der Waals surface area contributed by atoms with Crippen LogP contribution in [0.1, 0.15) is 5.56 Å². The standard InChI is InChI=1S/C22H25FN4O/c1-25-15-18(22(24-25)17-7-9-19(23)10-8-17)16-26-11-13-27(14-12-26)20-5-3-4-6-21(20)28-2/h3-10,15H,11-14,16H2,1-2H3. The number of hydrogen-bond donors (Lipinski definition) is 0. The molecular formula is C22H25FN4O. The summed E-state index contributed by atoms with van der Waals surface area (Å²) < 4.78 is 20.6. The molecule has 0 unspecified atom stereocenters. The van der Waals surface area contributed by atoms with Crippen molar-refractivity contribution in [3.8, 4) is 17.0 Å².